The number of amides is 1. The van der Waals surface area contributed by atoms with E-state index in [1.165, 1.54) is 6.33 Å². The van der Waals surface area contributed by atoms with Gasteiger partial charge in [-0.1, -0.05) is 29.3 Å². The molecule has 1 amide bonds. The Morgan fingerprint density at radius 3 is 2.52 bits per heavy atom. The summed E-state index contributed by atoms with van der Waals surface area (Å²) in [4.78, 5) is 25.7. The van der Waals surface area contributed by atoms with Crippen LogP contribution < -0.4 is 5.32 Å². The van der Waals surface area contributed by atoms with Crippen LogP contribution in [0.3, 0.4) is 0 Å². The Labute approximate surface area is 190 Å². The van der Waals surface area contributed by atoms with Gasteiger partial charge in [0, 0.05) is 45.7 Å². The van der Waals surface area contributed by atoms with Crippen LogP contribution in [0.5, 0.6) is 0 Å². The molecule has 1 N–H and O–H groups in total. The summed E-state index contributed by atoms with van der Waals surface area (Å²) in [6, 6.07) is 16.3. The number of hydrogen-bond donors (Lipinski definition) is 1. The summed E-state index contributed by atoms with van der Waals surface area (Å²) in [5, 5.41) is 3.76. The van der Waals surface area contributed by atoms with E-state index in [0.29, 0.717) is 27.7 Å². The SMILES string of the molecule is Cc1ccc(C(=O)Nc2cc(Cl)cc(Cl)c2)cc1Cc1ncccc1-c1ccncn1. The van der Waals surface area contributed by atoms with Gasteiger partial charge in [-0.3, -0.25) is 9.78 Å². The second-order valence-electron chi connectivity index (χ2n) is 7.02. The van der Waals surface area contributed by atoms with Crippen LogP contribution in [-0.2, 0) is 6.42 Å². The molecule has 0 atom stereocenters. The molecule has 2 aromatic carbocycles. The Hall–Kier alpha value is -3.28. The second-order valence-corrected chi connectivity index (χ2v) is 7.90. The van der Waals surface area contributed by atoms with Gasteiger partial charge in [-0.15, -0.1) is 0 Å². The van der Waals surface area contributed by atoms with Crippen molar-refractivity contribution in [2.75, 3.05) is 5.32 Å². The summed E-state index contributed by atoms with van der Waals surface area (Å²) >= 11 is 12.1. The standard InChI is InChI=1S/C24H18Cl2N4O/c1-15-4-5-16(24(31)30-20-12-18(25)11-19(26)13-20)9-17(15)10-23-21(3-2-7-28-23)22-6-8-27-14-29-22/h2-9,11-14H,10H2,1H3,(H,30,31). The normalized spacial score (nSPS) is 10.7. The number of anilines is 1. The number of aromatic nitrogens is 3. The number of nitrogens with zero attached hydrogens (tertiary/aromatic N) is 3. The van der Waals surface area contributed by atoms with Gasteiger partial charge in [0.1, 0.15) is 6.33 Å². The largest absolute Gasteiger partial charge is 0.322 e. The van der Waals surface area contributed by atoms with Crippen molar-refractivity contribution < 1.29 is 4.79 Å². The minimum atomic E-state index is -0.239. The molecular formula is C24H18Cl2N4O. The zero-order valence-corrected chi connectivity index (χ0v) is 18.2. The zero-order valence-electron chi connectivity index (χ0n) is 16.6. The maximum Gasteiger partial charge on any atom is 0.255 e. The first kappa shape index (κ1) is 21.0. The molecule has 2 aromatic heterocycles. The molecule has 0 aliphatic carbocycles. The molecule has 7 heteroatoms. The van der Waals surface area contributed by atoms with Crippen LogP contribution in [0.25, 0.3) is 11.3 Å². The van der Waals surface area contributed by atoms with Gasteiger partial charge in [0.2, 0.25) is 0 Å². The van der Waals surface area contributed by atoms with Crippen molar-refractivity contribution in [3.05, 3.63) is 106 Å². The molecule has 154 valence electrons. The van der Waals surface area contributed by atoms with Crippen molar-refractivity contribution in [1.29, 1.82) is 0 Å². The monoisotopic (exact) mass is 448 g/mol. The van der Waals surface area contributed by atoms with Crippen LogP contribution in [0.15, 0.2) is 73.3 Å². The number of nitrogens with one attached hydrogen (secondary N) is 1. The molecule has 0 bridgehead atoms. The Morgan fingerprint density at radius 2 is 1.77 bits per heavy atom. The summed E-state index contributed by atoms with van der Waals surface area (Å²) in [5.41, 5.74) is 5.78. The number of carbonyl (C=O) groups is 1. The molecule has 0 fully saturated rings. The lowest BCUT2D eigenvalue weighted by molar-refractivity contribution is 0.102. The summed E-state index contributed by atoms with van der Waals surface area (Å²) < 4.78 is 0. The second kappa shape index (κ2) is 9.25. The van der Waals surface area contributed by atoms with Crippen LogP contribution in [-0.4, -0.2) is 20.9 Å². The Morgan fingerprint density at radius 1 is 0.968 bits per heavy atom. The fourth-order valence-electron chi connectivity index (χ4n) is 3.27. The number of pyridine rings is 1. The van der Waals surface area contributed by atoms with Gasteiger partial charge in [0.25, 0.3) is 5.91 Å². The third-order valence-electron chi connectivity index (χ3n) is 4.84. The lowest BCUT2D eigenvalue weighted by Gasteiger charge is -2.12. The van der Waals surface area contributed by atoms with E-state index < -0.39 is 0 Å². The maximum atomic E-state index is 12.8. The molecular weight excluding hydrogens is 431 g/mol. The molecule has 4 aromatic rings. The molecule has 31 heavy (non-hydrogen) atoms. The van der Waals surface area contributed by atoms with Crippen LogP contribution in [0, 0.1) is 6.92 Å². The third kappa shape index (κ3) is 5.08. The maximum absolute atomic E-state index is 12.8. The van der Waals surface area contributed by atoms with Crippen molar-refractivity contribution in [3.8, 4) is 11.3 Å². The summed E-state index contributed by atoms with van der Waals surface area (Å²) in [7, 11) is 0. The molecule has 0 saturated carbocycles. The number of benzene rings is 2. The molecule has 0 unspecified atom stereocenters. The van der Waals surface area contributed by atoms with E-state index in [1.54, 1.807) is 36.7 Å². The molecule has 2 heterocycles. The highest BCUT2D eigenvalue weighted by Crippen LogP contribution is 2.25. The average Bonchev–Trinajstić information content (AvgIpc) is 2.75. The number of carbonyl (C=O) groups excluding carboxylic acids is 1. The van der Waals surface area contributed by atoms with Crippen LogP contribution in [0.1, 0.15) is 27.2 Å². The summed E-state index contributed by atoms with van der Waals surface area (Å²) in [6.07, 6.45) is 5.55. The van der Waals surface area contributed by atoms with E-state index in [4.69, 9.17) is 23.2 Å². The van der Waals surface area contributed by atoms with Crippen molar-refractivity contribution in [3.63, 3.8) is 0 Å². The highest BCUT2D eigenvalue weighted by atomic mass is 35.5. The number of aryl methyl sites for hydroxylation is 1. The fourth-order valence-corrected chi connectivity index (χ4v) is 3.80. The minimum absolute atomic E-state index is 0.239. The lowest BCUT2D eigenvalue weighted by atomic mass is 9.97. The van der Waals surface area contributed by atoms with Crippen LogP contribution in [0.2, 0.25) is 10.0 Å². The molecule has 0 spiro atoms. The number of hydrogen-bond acceptors (Lipinski definition) is 4. The van der Waals surface area contributed by atoms with Crippen molar-refractivity contribution in [1.82, 2.24) is 15.0 Å². The van der Waals surface area contributed by atoms with Gasteiger partial charge in [-0.2, -0.15) is 0 Å². The van der Waals surface area contributed by atoms with E-state index in [0.717, 1.165) is 28.1 Å². The fraction of sp³-hybridized carbons (Fsp3) is 0.0833. The Balaban J connectivity index is 1.61. The molecule has 0 aliphatic heterocycles. The quantitative estimate of drug-likeness (QED) is 0.406. The first-order valence-electron chi connectivity index (χ1n) is 9.57. The smallest absolute Gasteiger partial charge is 0.255 e. The predicted molar refractivity (Wildman–Crippen MR) is 124 cm³/mol. The van der Waals surface area contributed by atoms with E-state index in [1.807, 2.05) is 37.3 Å². The van der Waals surface area contributed by atoms with Crippen molar-refractivity contribution >= 4 is 34.8 Å². The zero-order chi connectivity index (χ0) is 21.8. The van der Waals surface area contributed by atoms with Gasteiger partial charge >= 0.3 is 0 Å². The predicted octanol–water partition coefficient (Wildman–Crippen LogP) is 6.00. The molecule has 0 aliphatic rings. The van der Waals surface area contributed by atoms with Gasteiger partial charge in [0.05, 0.1) is 11.4 Å². The molecule has 4 rings (SSSR count). The van der Waals surface area contributed by atoms with Gasteiger partial charge in [-0.25, -0.2) is 9.97 Å². The number of rotatable bonds is 5. The van der Waals surface area contributed by atoms with Crippen molar-refractivity contribution in [2.24, 2.45) is 0 Å². The van der Waals surface area contributed by atoms with E-state index in [2.05, 4.69) is 20.3 Å². The van der Waals surface area contributed by atoms with Crippen molar-refractivity contribution in [2.45, 2.75) is 13.3 Å². The highest BCUT2D eigenvalue weighted by molar-refractivity contribution is 6.35. The topological polar surface area (TPSA) is 67.8 Å². The Bertz CT molecular complexity index is 1230. The van der Waals surface area contributed by atoms with Crippen LogP contribution >= 0.6 is 23.2 Å². The number of halogens is 2. The summed E-state index contributed by atoms with van der Waals surface area (Å²) in [6.45, 7) is 2.01. The lowest BCUT2D eigenvalue weighted by Crippen LogP contribution is -2.12. The first-order valence-corrected chi connectivity index (χ1v) is 10.3. The van der Waals surface area contributed by atoms with E-state index >= 15 is 0 Å². The van der Waals surface area contributed by atoms with Crippen LogP contribution in [0.4, 0.5) is 5.69 Å². The average molecular weight is 449 g/mol. The summed E-state index contributed by atoms with van der Waals surface area (Å²) in [5.74, 6) is -0.239. The molecule has 0 saturated heterocycles. The minimum Gasteiger partial charge on any atom is -0.322 e. The van der Waals surface area contributed by atoms with Gasteiger partial charge in [-0.05, 0) is 66.6 Å². The third-order valence-corrected chi connectivity index (χ3v) is 5.27. The first-order chi connectivity index (χ1) is 15.0. The van der Waals surface area contributed by atoms with Gasteiger partial charge in [0.15, 0.2) is 0 Å². The molecule has 0 radical (unpaired) electrons. The molecule has 5 nitrogen and oxygen atoms in total. The van der Waals surface area contributed by atoms with E-state index in [9.17, 15) is 4.79 Å². The highest BCUT2D eigenvalue weighted by Gasteiger charge is 2.13. The van der Waals surface area contributed by atoms with E-state index in [-0.39, 0.29) is 5.91 Å². The Kier molecular flexibility index (Phi) is 6.26. The van der Waals surface area contributed by atoms with Gasteiger partial charge < -0.3 is 5.32 Å².